The number of benzene rings is 2. The summed E-state index contributed by atoms with van der Waals surface area (Å²) in [6.45, 7) is 14.3. The van der Waals surface area contributed by atoms with Crippen molar-refractivity contribution in [2.75, 3.05) is 13.1 Å². The molecule has 2 rings (SSSR count). The Balaban J connectivity index is 2.55. The minimum Gasteiger partial charge on any atom is -0.508 e. The third kappa shape index (κ3) is 12.8. The number of rotatable bonds is 18. The van der Waals surface area contributed by atoms with E-state index in [1.807, 2.05) is 24.3 Å². The number of aromatic hydroxyl groups is 1. The molecule has 0 heterocycles. The van der Waals surface area contributed by atoms with Crippen molar-refractivity contribution in [1.82, 2.24) is 15.5 Å². The molecule has 0 aromatic heterocycles. The summed E-state index contributed by atoms with van der Waals surface area (Å²) in [5, 5.41) is 15.7. The summed E-state index contributed by atoms with van der Waals surface area (Å²) in [6.07, 6.45) is 8.87. The molecule has 8 nitrogen and oxygen atoms in total. The van der Waals surface area contributed by atoms with Gasteiger partial charge in [0.2, 0.25) is 11.8 Å². The van der Waals surface area contributed by atoms with E-state index in [0.717, 1.165) is 56.1 Å². The number of carbonyl (C=O) groups excluding carboxylic acids is 3. The summed E-state index contributed by atoms with van der Waals surface area (Å²) in [5.74, 6) is -0.533. The van der Waals surface area contributed by atoms with Gasteiger partial charge < -0.3 is 25.4 Å². The van der Waals surface area contributed by atoms with E-state index in [1.165, 1.54) is 0 Å². The molecule has 242 valence electrons. The Morgan fingerprint density at radius 1 is 0.955 bits per heavy atom. The van der Waals surface area contributed by atoms with Gasteiger partial charge in [-0.15, -0.1) is 0 Å². The Labute approximate surface area is 264 Å². The van der Waals surface area contributed by atoms with Gasteiger partial charge in [-0.05, 0) is 68.5 Å². The van der Waals surface area contributed by atoms with Gasteiger partial charge in [-0.25, -0.2) is 4.79 Å². The normalized spacial score (nSPS) is 12.6. The molecule has 0 fully saturated rings. The Hall–Kier alpha value is -3.81. The van der Waals surface area contributed by atoms with Gasteiger partial charge in [-0.1, -0.05) is 95.4 Å². The fourth-order valence-electron chi connectivity index (χ4n) is 4.98. The molecule has 44 heavy (non-hydrogen) atoms. The molecule has 0 saturated heterocycles. The van der Waals surface area contributed by atoms with Crippen LogP contribution in [0.4, 0.5) is 4.79 Å². The Morgan fingerprint density at radius 3 is 2.25 bits per heavy atom. The SMILES string of the molecule is C=Cc1cccc(C(C(=O)NCCCCC)N(CCCCCCC)C(=O)C(Cc2ccc(O)cc2)NC(=O)OC(C)(C)C)c1. The number of nitrogens with zero attached hydrogens (tertiary/aromatic N) is 1. The molecule has 0 aliphatic rings. The second-order valence-electron chi connectivity index (χ2n) is 12.3. The lowest BCUT2D eigenvalue weighted by Gasteiger charge is -2.35. The lowest BCUT2D eigenvalue weighted by Crippen LogP contribution is -2.54. The highest BCUT2D eigenvalue weighted by Gasteiger charge is 2.36. The minimum absolute atomic E-state index is 0.104. The van der Waals surface area contributed by atoms with Crippen molar-refractivity contribution in [2.24, 2.45) is 0 Å². The number of unbranched alkanes of at least 4 members (excludes halogenated alkanes) is 6. The van der Waals surface area contributed by atoms with Crippen molar-refractivity contribution >= 4 is 24.0 Å². The molecular weight excluding hydrogens is 554 g/mol. The van der Waals surface area contributed by atoms with Crippen LogP contribution >= 0.6 is 0 Å². The maximum atomic E-state index is 14.6. The lowest BCUT2D eigenvalue weighted by atomic mass is 9.98. The largest absolute Gasteiger partial charge is 0.508 e. The molecule has 0 bridgehead atoms. The highest BCUT2D eigenvalue weighted by molar-refractivity contribution is 5.92. The first-order valence-electron chi connectivity index (χ1n) is 16.1. The Kier molecular flexibility index (Phi) is 15.5. The molecule has 8 heteroatoms. The van der Waals surface area contributed by atoms with Crippen LogP contribution in [0.5, 0.6) is 5.75 Å². The first kappa shape index (κ1) is 36.4. The first-order valence-corrected chi connectivity index (χ1v) is 16.1. The number of hydrogen-bond donors (Lipinski definition) is 3. The van der Waals surface area contributed by atoms with E-state index >= 15 is 0 Å². The number of amides is 3. The molecular formula is C36H53N3O5. The number of alkyl carbamates (subject to hydrolysis) is 1. The van der Waals surface area contributed by atoms with Crippen LogP contribution in [0, 0.1) is 0 Å². The molecule has 2 aromatic carbocycles. The monoisotopic (exact) mass is 607 g/mol. The number of phenols is 1. The van der Waals surface area contributed by atoms with E-state index in [1.54, 1.807) is 56.0 Å². The van der Waals surface area contributed by atoms with Crippen LogP contribution in [-0.4, -0.2) is 52.6 Å². The Bertz CT molecular complexity index is 1190. The molecule has 0 aliphatic carbocycles. The van der Waals surface area contributed by atoms with Crippen molar-refractivity contribution in [3.05, 3.63) is 71.8 Å². The summed E-state index contributed by atoms with van der Waals surface area (Å²) in [4.78, 5) is 43.2. The molecule has 3 N–H and O–H groups in total. The van der Waals surface area contributed by atoms with Gasteiger partial charge in [0.1, 0.15) is 23.4 Å². The zero-order valence-electron chi connectivity index (χ0n) is 27.4. The summed E-state index contributed by atoms with van der Waals surface area (Å²) in [6, 6.07) is 12.1. The predicted octanol–water partition coefficient (Wildman–Crippen LogP) is 7.32. The van der Waals surface area contributed by atoms with Crippen LogP contribution in [0.15, 0.2) is 55.1 Å². The highest BCUT2D eigenvalue weighted by Crippen LogP contribution is 2.26. The number of hydrogen-bond acceptors (Lipinski definition) is 5. The standard InChI is InChI=1S/C36H53N3O5/c1-7-10-12-13-15-24-39(32(33(41)37-23-14-11-8-2)29-18-16-17-27(9-3)25-29)34(42)31(38-35(43)44-36(4,5)6)26-28-19-21-30(40)22-20-28/h9,16-22,25,31-32,40H,3,7-8,10-15,23-24,26H2,1-2,4-6H3,(H,37,41)(H,38,43). The van der Waals surface area contributed by atoms with Crippen LogP contribution < -0.4 is 10.6 Å². The van der Waals surface area contributed by atoms with Crippen LogP contribution in [0.3, 0.4) is 0 Å². The summed E-state index contributed by atoms with van der Waals surface area (Å²) < 4.78 is 5.53. The number of ether oxygens (including phenoxy) is 1. The second-order valence-corrected chi connectivity index (χ2v) is 12.3. The van der Waals surface area contributed by atoms with E-state index in [-0.39, 0.29) is 24.0 Å². The third-order valence-corrected chi connectivity index (χ3v) is 7.25. The number of phenolic OH excluding ortho intramolecular Hbond substituents is 1. The van der Waals surface area contributed by atoms with Crippen LogP contribution in [0.25, 0.3) is 6.08 Å². The van der Waals surface area contributed by atoms with E-state index in [0.29, 0.717) is 25.1 Å². The minimum atomic E-state index is -1.01. The summed E-state index contributed by atoms with van der Waals surface area (Å²) in [7, 11) is 0. The quantitative estimate of drug-likeness (QED) is 0.154. The van der Waals surface area contributed by atoms with Crippen molar-refractivity contribution in [2.45, 2.75) is 110 Å². The Morgan fingerprint density at radius 2 is 1.61 bits per heavy atom. The predicted molar refractivity (Wildman–Crippen MR) is 177 cm³/mol. The molecule has 2 unspecified atom stereocenters. The molecule has 0 radical (unpaired) electrons. The average Bonchev–Trinajstić information content (AvgIpc) is 2.98. The van der Waals surface area contributed by atoms with Crippen LogP contribution in [0.2, 0.25) is 0 Å². The van der Waals surface area contributed by atoms with Gasteiger partial charge in [0.15, 0.2) is 0 Å². The van der Waals surface area contributed by atoms with Gasteiger partial charge in [-0.2, -0.15) is 0 Å². The van der Waals surface area contributed by atoms with Gasteiger partial charge in [-0.3, -0.25) is 9.59 Å². The summed E-state index contributed by atoms with van der Waals surface area (Å²) in [5.41, 5.74) is 1.50. The van der Waals surface area contributed by atoms with E-state index in [2.05, 4.69) is 31.1 Å². The first-order chi connectivity index (χ1) is 21.0. The van der Waals surface area contributed by atoms with Crippen LogP contribution in [-0.2, 0) is 20.7 Å². The van der Waals surface area contributed by atoms with Gasteiger partial charge in [0.05, 0.1) is 0 Å². The zero-order chi connectivity index (χ0) is 32.5. The van der Waals surface area contributed by atoms with E-state index in [4.69, 9.17) is 4.74 Å². The fraction of sp³-hybridized carbons (Fsp3) is 0.528. The van der Waals surface area contributed by atoms with E-state index in [9.17, 15) is 19.5 Å². The molecule has 0 aliphatic heterocycles. The molecule has 2 aromatic rings. The van der Waals surface area contributed by atoms with Gasteiger partial charge >= 0.3 is 6.09 Å². The van der Waals surface area contributed by atoms with Crippen LogP contribution in [0.1, 0.15) is 109 Å². The fourth-order valence-corrected chi connectivity index (χ4v) is 4.98. The molecule has 0 spiro atoms. The third-order valence-electron chi connectivity index (χ3n) is 7.25. The maximum Gasteiger partial charge on any atom is 0.408 e. The number of nitrogens with one attached hydrogen (secondary N) is 2. The lowest BCUT2D eigenvalue weighted by molar-refractivity contribution is -0.142. The number of carbonyl (C=O) groups is 3. The van der Waals surface area contributed by atoms with Crippen molar-refractivity contribution in [1.29, 1.82) is 0 Å². The zero-order valence-corrected chi connectivity index (χ0v) is 27.4. The van der Waals surface area contributed by atoms with E-state index < -0.39 is 23.8 Å². The molecule has 2 atom stereocenters. The second kappa shape index (κ2) is 18.8. The molecule has 3 amide bonds. The maximum absolute atomic E-state index is 14.6. The highest BCUT2D eigenvalue weighted by atomic mass is 16.6. The van der Waals surface area contributed by atoms with Gasteiger partial charge in [0.25, 0.3) is 0 Å². The van der Waals surface area contributed by atoms with Crippen molar-refractivity contribution in [3.8, 4) is 5.75 Å². The topological polar surface area (TPSA) is 108 Å². The van der Waals surface area contributed by atoms with Gasteiger partial charge in [0, 0.05) is 19.5 Å². The van der Waals surface area contributed by atoms with Crippen molar-refractivity contribution < 1.29 is 24.2 Å². The van der Waals surface area contributed by atoms with Crippen molar-refractivity contribution in [3.63, 3.8) is 0 Å². The average molecular weight is 608 g/mol. The summed E-state index contributed by atoms with van der Waals surface area (Å²) >= 11 is 0. The smallest absolute Gasteiger partial charge is 0.408 e. The molecule has 0 saturated carbocycles.